The summed E-state index contributed by atoms with van der Waals surface area (Å²) < 4.78 is 18.3. The Morgan fingerprint density at radius 3 is 2.71 bits per heavy atom. The topological polar surface area (TPSA) is 64.3 Å². The predicted molar refractivity (Wildman–Crippen MR) is 82.0 cm³/mol. The van der Waals surface area contributed by atoms with Crippen LogP contribution < -0.4 is 15.8 Å². The highest BCUT2D eigenvalue weighted by Gasteiger charge is 2.25. The first-order valence-electron chi connectivity index (χ1n) is 6.84. The predicted octanol–water partition coefficient (Wildman–Crippen LogP) is 2.74. The summed E-state index contributed by atoms with van der Waals surface area (Å²) in [6, 6.07) is 3.95. The van der Waals surface area contributed by atoms with Crippen LogP contribution in [0.2, 0.25) is 5.02 Å². The zero-order valence-corrected chi connectivity index (χ0v) is 13.3. The van der Waals surface area contributed by atoms with Crippen LogP contribution in [-0.2, 0) is 4.79 Å². The van der Waals surface area contributed by atoms with Crippen LogP contribution in [0.15, 0.2) is 18.2 Å². The highest BCUT2D eigenvalue weighted by molar-refractivity contribution is 6.30. The lowest BCUT2D eigenvalue weighted by Crippen LogP contribution is -2.53. The largest absolute Gasteiger partial charge is 0.484 e. The van der Waals surface area contributed by atoms with Gasteiger partial charge in [0.15, 0.2) is 6.61 Å². The minimum absolute atomic E-state index is 0.0421. The molecule has 0 fully saturated rings. The van der Waals surface area contributed by atoms with E-state index in [4.69, 9.17) is 22.1 Å². The zero-order chi connectivity index (χ0) is 16.0. The number of nitrogens with one attached hydrogen (secondary N) is 1. The van der Waals surface area contributed by atoms with Gasteiger partial charge >= 0.3 is 0 Å². The van der Waals surface area contributed by atoms with E-state index in [9.17, 15) is 9.18 Å². The summed E-state index contributed by atoms with van der Waals surface area (Å²) >= 11 is 5.64. The van der Waals surface area contributed by atoms with Gasteiger partial charge in [-0.1, -0.05) is 25.4 Å². The minimum atomic E-state index is -0.527. The van der Waals surface area contributed by atoms with Crippen LogP contribution >= 0.6 is 11.6 Å². The summed E-state index contributed by atoms with van der Waals surface area (Å²) in [6.45, 7) is 6.21. The molecule has 0 bridgehead atoms. The number of hydrogen-bond donors (Lipinski definition) is 2. The van der Waals surface area contributed by atoms with Crippen molar-refractivity contribution in [3.63, 3.8) is 0 Å². The number of hydrogen-bond acceptors (Lipinski definition) is 3. The van der Waals surface area contributed by atoms with Gasteiger partial charge in [-0.2, -0.15) is 0 Å². The van der Waals surface area contributed by atoms with Crippen molar-refractivity contribution >= 4 is 17.5 Å². The normalized spacial score (nSPS) is 13.9. The molecule has 0 radical (unpaired) electrons. The molecule has 0 spiro atoms. The fraction of sp³-hybridized carbons (Fsp3) is 0.533. The second kappa shape index (κ2) is 7.61. The molecule has 0 saturated carbocycles. The molecule has 0 saturated heterocycles. The van der Waals surface area contributed by atoms with Gasteiger partial charge in [0.05, 0.1) is 5.02 Å². The van der Waals surface area contributed by atoms with Crippen LogP contribution in [0.3, 0.4) is 0 Å². The minimum Gasteiger partial charge on any atom is -0.484 e. The molecule has 0 aliphatic rings. The van der Waals surface area contributed by atoms with Crippen molar-refractivity contribution in [1.82, 2.24) is 5.32 Å². The smallest absolute Gasteiger partial charge is 0.258 e. The number of amides is 1. The summed E-state index contributed by atoms with van der Waals surface area (Å²) in [5.74, 6) is -0.0457. The average Bonchev–Trinajstić information content (AvgIpc) is 2.39. The first-order chi connectivity index (χ1) is 9.75. The maximum atomic E-state index is 13.0. The average molecular weight is 317 g/mol. The number of benzene rings is 1. The number of carbonyl (C=O) groups excluding carboxylic acids is 1. The lowest BCUT2D eigenvalue weighted by atomic mass is 9.91. The second-order valence-corrected chi connectivity index (χ2v) is 6.18. The quantitative estimate of drug-likeness (QED) is 0.813. The Hall–Kier alpha value is -1.33. The van der Waals surface area contributed by atoms with Crippen molar-refractivity contribution in [2.75, 3.05) is 13.2 Å². The summed E-state index contributed by atoms with van der Waals surface area (Å²) in [6.07, 6.45) is 0.775. The van der Waals surface area contributed by atoms with Crippen molar-refractivity contribution in [3.05, 3.63) is 29.0 Å². The van der Waals surface area contributed by atoms with Crippen LogP contribution in [0.4, 0.5) is 4.39 Å². The molecule has 118 valence electrons. The van der Waals surface area contributed by atoms with Crippen LogP contribution in [0, 0.1) is 11.7 Å². The molecule has 21 heavy (non-hydrogen) atoms. The molecule has 1 unspecified atom stereocenters. The maximum Gasteiger partial charge on any atom is 0.258 e. The summed E-state index contributed by atoms with van der Waals surface area (Å²) in [5.41, 5.74) is 5.27. The molecule has 6 heteroatoms. The van der Waals surface area contributed by atoms with Gasteiger partial charge < -0.3 is 15.8 Å². The highest BCUT2D eigenvalue weighted by Crippen LogP contribution is 2.21. The van der Waals surface area contributed by atoms with Crippen molar-refractivity contribution in [2.45, 2.75) is 32.7 Å². The summed E-state index contributed by atoms with van der Waals surface area (Å²) in [5, 5.41) is 2.83. The molecule has 0 aromatic heterocycles. The Bertz CT molecular complexity index is 497. The molecule has 1 amide bonds. The van der Waals surface area contributed by atoms with E-state index in [2.05, 4.69) is 19.2 Å². The molecule has 0 aliphatic carbocycles. The fourth-order valence-corrected chi connectivity index (χ4v) is 2.35. The van der Waals surface area contributed by atoms with Crippen LogP contribution in [-0.4, -0.2) is 24.6 Å². The third-order valence-corrected chi connectivity index (χ3v) is 3.30. The molecule has 1 aromatic carbocycles. The Kier molecular flexibility index (Phi) is 6.42. The standard InChI is InChI=1S/C15H22ClFN2O2/c1-10(2)7-15(3,9-18)19-14(20)8-21-11-4-5-13(17)12(16)6-11/h4-6,10H,7-9,18H2,1-3H3,(H,19,20). The van der Waals surface area contributed by atoms with E-state index < -0.39 is 11.4 Å². The molecule has 1 atom stereocenters. The van der Waals surface area contributed by atoms with E-state index in [1.54, 1.807) is 0 Å². The van der Waals surface area contributed by atoms with E-state index in [0.29, 0.717) is 18.2 Å². The maximum absolute atomic E-state index is 13.0. The lowest BCUT2D eigenvalue weighted by molar-refractivity contribution is -0.125. The fourth-order valence-electron chi connectivity index (χ4n) is 2.17. The van der Waals surface area contributed by atoms with Crippen molar-refractivity contribution < 1.29 is 13.9 Å². The molecule has 1 aromatic rings. The monoisotopic (exact) mass is 316 g/mol. The Morgan fingerprint density at radius 2 is 2.19 bits per heavy atom. The zero-order valence-electron chi connectivity index (χ0n) is 12.6. The summed E-state index contributed by atoms with van der Waals surface area (Å²) in [7, 11) is 0. The SMILES string of the molecule is CC(C)CC(C)(CN)NC(=O)COc1ccc(F)c(Cl)c1. The Balaban J connectivity index is 2.55. The Morgan fingerprint density at radius 1 is 1.52 bits per heavy atom. The number of rotatable bonds is 7. The van der Waals surface area contributed by atoms with Gasteiger partial charge in [-0.3, -0.25) is 4.79 Å². The van der Waals surface area contributed by atoms with Gasteiger partial charge in [-0.15, -0.1) is 0 Å². The Labute approximate surface area is 129 Å². The number of carbonyl (C=O) groups is 1. The molecule has 0 heterocycles. The van der Waals surface area contributed by atoms with E-state index in [-0.39, 0.29) is 17.5 Å². The van der Waals surface area contributed by atoms with Gasteiger partial charge in [-0.25, -0.2) is 4.39 Å². The molecule has 3 N–H and O–H groups in total. The van der Waals surface area contributed by atoms with Gasteiger partial charge in [-0.05, 0) is 31.4 Å². The van der Waals surface area contributed by atoms with Gasteiger partial charge in [0.1, 0.15) is 11.6 Å². The van der Waals surface area contributed by atoms with Crippen molar-refractivity contribution in [1.29, 1.82) is 0 Å². The van der Waals surface area contributed by atoms with Gasteiger partial charge in [0.25, 0.3) is 5.91 Å². The third-order valence-electron chi connectivity index (χ3n) is 3.01. The van der Waals surface area contributed by atoms with E-state index >= 15 is 0 Å². The molecular weight excluding hydrogens is 295 g/mol. The molecule has 0 aliphatic heterocycles. The van der Waals surface area contributed by atoms with Crippen LogP contribution in [0.1, 0.15) is 27.2 Å². The number of ether oxygens (including phenoxy) is 1. The van der Waals surface area contributed by atoms with E-state index in [1.807, 2.05) is 6.92 Å². The number of halogens is 2. The molecule has 4 nitrogen and oxygen atoms in total. The van der Waals surface area contributed by atoms with Crippen LogP contribution in [0.5, 0.6) is 5.75 Å². The lowest BCUT2D eigenvalue weighted by Gasteiger charge is -2.31. The number of nitrogens with two attached hydrogens (primary N) is 1. The van der Waals surface area contributed by atoms with E-state index in [1.165, 1.54) is 18.2 Å². The highest BCUT2D eigenvalue weighted by atomic mass is 35.5. The second-order valence-electron chi connectivity index (χ2n) is 5.78. The first kappa shape index (κ1) is 17.7. The summed E-state index contributed by atoms with van der Waals surface area (Å²) in [4.78, 5) is 11.9. The van der Waals surface area contributed by atoms with Crippen LogP contribution in [0.25, 0.3) is 0 Å². The van der Waals surface area contributed by atoms with Crippen molar-refractivity contribution in [3.8, 4) is 5.75 Å². The molecule has 1 rings (SSSR count). The van der Waals surface area contributed by atoms with Crippen molar-refractivity contribution in [2.24, 2.45) is 11.7 Å². The molecular formula is C15H22ClFN2O2. The first-order valence-corrected chi connectivity index (χ1v) is 7.22. The van der Waals surface area contributed by atoms with E-state index in [0.717, 1.165) is 6.42 Å². The van der Waals surface area contributed by atoms with Gasteiger partial charge in [0, 0.05) is 18.2 Å². The van der Waals surface area contributed by atoms with Gasteiger partial charge in [0.2, 0.25) is 0 Å². The third kappa shape index (κ3) is 5.89.